The number of hydrogen-bond donors (Lipinski definition) is 1. The summed E-state index contributed by atoms with van der Waals surface area (Å²) in [6.07, 6.45) is 1.46. The van der Waals surface area contributed by atoms with E-state index in [1.165, 1.54) is 0 Å². The average Bonchev–Trinajstić information content (AvgIpc) is 2.02. The second-order valence-corrected chi connectivity index (χ2v) is 3.72. The van der Waals surface area contributed by atoms with Crippen LogP contribution in [-0.2, 0) is 0 Å². The lowest BCUT2D eigenvalue weighted by molar-refractivity contribution is -0.0926. The number of nitrogens with one attached hydrogen (secondary N) is 1. The van der Waals surface area contributed by atoms with Crippen molar-refractivity contribution in [1.29, 1.82) is 0 Å². The fourth-order valence-corrected chi connectivity index (χ4v) is 1.84. The van der Waals surface area contributed by atoms with Crippen molar-refractivity contribution >= 4 is 0 Å². The smallest absolute Gasteiger partial charge is 0.263 e. The Balaban J connectivity index is 2.59. The van der Waals surface area contributed by atoms with Crippen molar-refractivity contribution in [1.82, 2.24) is 5.32 Å². The zero-order chi connectivity index (χ0) is 9.19. The second kappa shape index (κ2) is 3.69. The van der Waals surface area contributed by atoms with Gasteiger partial charge in [-0.2, -0.15) is 0 Å². The third-order valence-electron chi connectivity index (χ3n) is 2.87. The van der Waals surface area contributed by atoms with Crippen LogP contribution in [0.4, 0.5) is 8.78 Å². The van der Waals surface area contributed by atoms with Crippen molar-refractivity contribution in [3.8, 4) is 0 Å². The van der Waals surface area contributed by atoms with E-state index in [4.69, 9.17) is 0 Å². The normalized spacial score (nSPS) is 31.5. The second-order valence-electron chi connectivity index (χ2n) is 3.72. The third-order valence-corrected chi connectivity index (χ3v) is 2.87. The number of alkyl halides is 2. The molecular weight excluding hydrogens is 160 g/mol. The fraction of sp³-hybridized carbons (Fsp3) is 1.00. The van der Waals surface area contributed by atoms with Crippen molar-refractivity contribution in [2.75, 3.05) is 13.1 Å². The Morgan fingerprint density at radius 1 is 1.58 bits per heavy atom. The molecule has 1 fully saturated rings. The Bertz CT molecular complexity index is 147. The molecule has 0 aromatic rings. The van der Waals surface area contributed by atoms with Crippen molar-refractivity contribution in [3.63, 3.8) is 0 Å². The Morgan fingerprint density at radius 2 is 2.25 bits per heavy atom. The summed E-state index contributed by atoms with van der Waals surface area (Å²) in [6, 6.07) is 0. The predicted molar refractivity (Wildman–Crippen MR) is 45.4 cm³/mol. The maximum Gasteiger partial charge on any atom is 0.263 e. The molecule has 0 saturated carbocycles. The maximum atomic E-state index is 13.2. The molecule has 1 heterocycles. The molecule has 3 heteroatoms. The Labute approximate surface area is 72.5 Å². The zero-order valence-corrected chi connectivity index (χ0v) is 7.74. The molecule has 0 aromatic heterocycles. The Kier molecular flexibility index (Phi) is 3.04. The summed E-state index contributed by atoms with van der Waals surface area (Å²) in [5, 5.41) is 2.73. The minimum atomic E-state index is -2.49. The van der Waals surface area contributed by atoms with E-state index < -0.39 is 11.8 Å². The van der Waals surface area contributed by atoms with Crippen LogP contribution in [0.5, 0.6) is 0 Å². The standard InChI is InChI=1S/C9H17F2N/c1-3-7(2)8-4-5-12-6-9(8,10)11/h7-8,12H,3-6H2,1-2H3. The summed E-state index contributed by atoms with van der Waals surface area (Å²) in [5.74, 6) is -2.76. The van der Waals surface area contributed by atoms with Crippen LogP contribution in [0.25, 0.3) is 0 Å². The highest BCUT2D eigenvalue weighted by Gasteiger charge is 2.43. The van der Waals surface area contributed by atoms with Crippen molar-refractivity contribution in [3.05, 3.63) is 0 Å². The summed E-state index contributed by atoms with van der Waals surface area (Å²) >= 11 is 0. The van der Waals surface area contributed by atoms with Gasteiger partial charge in [-0.05, 0) is 18.9 Å². The zero-order valence-electron chi connectivity index (χ0n) is 7.74. The van der Waals surface area contributed by atoms with Crippen molar-refractivity contribution in [2.24, 2.45) is 11.8 Å². The first kappa shape index (κ1) is 9.90. The van der Waals surface area contributed by atoms with Crippen LogP contribution < -0.4 is 5.32 Å². The molecule has 1 nitrogen and oxygen atoms in total. The first-order valence-corrected chi connectivity index (χ1v) is 4.66. The highest BCUT2D eigenvalue weighted by molar-refractivity contribution is 4.86. The quantitative estimate of drug-likeness (QED) is 0.682. The minimum Gasteiger partial charge on any atom is -0.311 e. The molecule has 0 bridgehead atoms. The number of hydrogen-bond acceptors (Lipinski definition) is 1. The molecule has 12 heavy (non-hydrogen) atoms. The van der Waals surface area contributed by atoms with Gasteiger partial charge in [0.25, 0.3) is 5.92 Å². The molecule has 72 valence electrons. The topological polar surface area (TPSA) is 12.0 Å². The van der Waals surface area contributed by atoms with Gasteiger partial charge in [-0.25, -0.2) is 8.78 Å². The lowest BCUT2D eigenvalue weighted by Crippen LogP contribution is -2.48. The van der Waals surface area contributed by atoms with E-state index in [1.807, 2.05) is 13.8 Å². The van der Waals surface area contributed by atoms with E-state index >= 15 is 0 Å². The van der Waals surface area contributed by atoms with E-state index in [2.05, 4.69) is 5.32 Å². The Morgan fingerprint density at radius 3 is 2.75 bits per heavy atom. The fourth-order valence-electron chi connectivity index (χ4n) is 1.84. The van der Waals surface area contributed by atoms with E-state index in [9.17, 15) is 8.78 Å². The molecule has 1 N–H and O–H groups in total. The van der Waals surface area contributed by atoms with Crippen LogP contribution in [0.2, 0.25) is 0 Å². The highest BCUT2D eigenvalue weighted by Crippen LogP contribution is 2.36. The molecule has 1 aliphatic rings. The lowest BCUT2D eigenvalue weighted by Gasteiger charge is -2.35. The first-order valence-electron chi connectivity index (χ1n) is 4.66. The van der Waals surface area contributed by atoms with Gasteiger partial charge in [-0.1, -0.05) is 20.3 Å². The molecular formula is C9H17F2N. The third kappa shape index (κ3) is 1.94. The van der Waals surface area contributed by atoms with E-state index in [-0.39, 0.29) is 12.5 Å². The van der Waals surface area contributed by atoms with Crippen molar-refractivity contribution in [2.45, 2.75) is 32.6 Å². The monoisotopic (exact) mass is 177 g/mol. The minimum absolute atomic E-state index is 0.137. The summed E-state index contributed by atoms with van der Waals surface area (Å²) in [5.41, 5.74) is 0. The predicted octanol–water partition coefficient (Wildman–Crippen LogP) is 2.28. The Hall–Kier alpha value is -0.180. The van der Waals surface area contributed by atoms with Gasteiger partial charge < -0.3 is 5.32 Å². The maximum absolute atomic E-state index is 13.2. The van der Waals surface area contributed by atoms with Crippen LogP contribution >= 0.6 is 0 Å². The highest BCUT2D eigenvalue weighted by atomic mass is 19.3. The molecule has 0 spiro atoms. The van der Waals surface area contributed by atoms with Gasteiger partial charge in [0.15, 0.2) is 0 Å². The van der Waals surface area contributed by atoms with E-state index in [0.29, 0.717) is 6.42 Å². The van der Waals surface area contributed by atoms with Gasteiger partial charge in [0.2, 0.25) is 0 Å². The molecule has 0 amide bonds. The van der Waals surface area contributed by atoms with Crippen LogP contribution in [0, 0.1) is 11.8 Å². The summed E-state index contributed by atoms with van der Waals surface area (Å²) in [6.45, 7) is 4.50. The molecule has 0 aliphatic carbocycles. The van der Waals surface area contributed by atoms with Gasteiger partial charge in [-0.15, -0.1) is 0 Å². The molecule has 1 aliphatic heterocycles. The largest absolute Gasteiger partial charge is 0.311 e. The van der Waals surface area contributed by atoms with Gasteiger partial charge >= 0.3 is 0 Å². The van der Waals surface area contributed by atoms with Gasteiger partial charge in [-0.3, -0.25) is 0 Å². The SMILES string of the molecule is CCC(C)C1CCNCC1(F)F. The van der Waals surface area contributed by atoms with Gasteiger partial charge in [0, 0.05) is 5.92 Å². The number of halogens is 2. The van der Waals surface area contributed by atoms with Gasteiger partial charge in [0.05, 0.1) is 6.54 Å². The van der Waals surface area contributed by atoms with Crippen LogP contribution in [0.1, 0.15) is 26.7 Å². The van der Waals surface area contributed by atoms with Crippen LogP contribution in [0.15, 0.2) is 0 Å². The lowest BCUT2D eigenvalue weighted by atomic mass is 9.82. The van der Waals surface area contributed by atoms with Crippen molar-refractivity contribution < 1.29 is 8.78 Å². The molecule has 0 radical (unpaired) electrons. The molecule has 2 unspecified atom stereocenters. The van der Waals surface area contributed by atoms with Gasteiger partial charge in [0.1, 0.15) is 0 Å². The van der Waals surface area contributed by atoms with Crippen LogP contribution in [0.3, 0.4) is 0 Å². The first-order chi connectivity index (χ1) is 5.58. The molecule has 0 aromatic carbocycles. The molecule has 2 atom stereocenters. The molecule has 1 saturated heterocycles. The molecule has 1 rings (SSSR count). The average molecular weight is 177 g/mol. The van der Waals surface area contributed by atoms with Crippen LogP contribution in [-0.4, -0.2) is 19.0 Å². The summed E-state index contributed by atoms with van der Waals surface area (Å²) in [7, 11) is 0. The summed E-state index contributed by atoms with van der Waals surface area (Å²) in [4.78, 5) is 0. The summed E-state index contributed by atoms with van der Waals surface area (Å²) < 4.78 is 26.5. The van der Waals surface area contributed by atoms with E-state index in [1.54, 1.807) is 0 Å². The van der Waals surface area contributed by atoms with E-state index in [0.717, 1.165) is 13.0 Å². The number of piperidine rings is 1. The number of rotatable bonds is 2.